The Kier molecular flexibility index (Phi) is 6.53. The Morgan fingerprint density at radius 1 is 1.38 bits per heavy atom. The van der Waals surface area contributed by atoms with E-state index in [1.807, 2.05) is 6.07 Å². The summed E-state index contributed by atoms with van der Waals surface area (Å²) in [5, 5.41) is 9.55. The highest BCUT2D eigenvalue weighted by atomic mass is 35.5. The third-order valence-electron chi connectivity index (χ3n) is 3.28. The molecule has 0 bridgehead atoms. The molecule has 0 radical (unpaired) electrons. The van der Waals surface area contributed by atoms with Gasteiger partial charge in [-0.15, -0.1) is 0 Å². The molecule has 1 atom stereocenters. The van der Waals surface area contributed by atoms with E-state index < -0.39 is 6.10 Å². The average Bonchev–Trinajstić information content (AvgIpc) is 3.07. The van der Waals surface area contributed by atoms with Crippen LogP contribution in [0, 0.1) is 11.3 Å². The van der Waals surface area contributed by atoms with E-state index in [0.717, 1.165) is 0 Å². The van der Waals surface area contributed by atoms with Crippen LogP contribution in [0.1, 0.15) is 19.1 Å². The van der Waals surface area contributed by atoms with Gasteiger partial charge in [0.25, 0.3) is 5.91 Å². The molecule has 1 aromatic carbocycles. The fraction of sp³-hybridized carbons (Fsp3) is 0.294. The Labute approximate surface area is 150 Å². The lowest BCUT2D eigenvalue weighted by atomic mass is 10.2. The summed E-state index contributed by atoms with van der Waals surface area (Å²) < 4.78 is 10.9. The van der Waals surface area contributed by atoms with Crippen molar-refractivity contribution in [3.63, 3.8) is 0 Å². The van der Waals surface area contributed by atoms with Crippen molar-refractivity contribution in [3.8, 4) is 11.8 Å². The summed E-state index contributed by atoms with van der Waals surface area (Å²) in [6, 6.07) is 10.4. The Balaban J connectivity index is 2.06. The van der Waals surface area contributed by atoms with Crippen LogP contribution in [0.4, 0.5) is 0 Å². The maximum absolute atomic E-state index is 12.6. The number of halogens is 2. The first-order valence-electron chi connectivity index (χ1n) is 7.31. The zero-order chi connectivity index (χ0) is 17.5. The van der Waals surface area contributed by atoms with Crippen LogP contribution in [0.2, 0.25) is 10.0 Å². The molecule has 126 valence electrons. The van der Waals surface area contributed by atoms with Crippen molar-refractivity contribution in [2.24, 2.45) is 0 Å². The summed E-state index contributed by atoms with van der Waals surface area (Å²) in [6.45, 7) is 2.22. The number of hydrogen-bond donors (Lipinski definition) is 0. The van der Waals surface area contributed by atoms with E-state index in [0.29, 0.717) is 28.1 Å². The maximum atomic E-state index is 12.6. The predicted octanol–water partition coefficient (Wildman–Crippen LogP) is 4.30. The van der Waals surface area contributed by atoms with Crippen molar-refractivity contribution in [2.45, 2.75) is 26.0 Å². The van der Waals surface area contributed by atoms with Crippen molar-refractivity contribution in [1.82, 2.24) is 4.90 Å². The highest BCUT2D eigenvalue weighted by Crippen LogP contribution is 2.27. The summed E-state index contributed by atoms with van der Waals surface area (Å²) >= 11 is 11.8. The first-order valence-corrected chi connectivity index (χ1v) is 8.06. The highest BCUT2D eigenvalue weighted by Gasteiger charge is 2.23. The molecule has 1 heterocycles. The van der Waals surface area contributed by atoms with Crippen molar-refractivity contribution in [2.75, 3.05) is 6.54 Å². The van der Waals surface area contributed by atoms with E-state index in [9.17, 15) is 4.79 Å². The molecule has 1 aromatic heterocycles. The van der Waals surface area contributed by atoms with Gasteiger partial charge in [-0.25, -0.2) is 0 Å². The van der Waals surface area contributed by atoms with Crippen molar-refractivity contribution < 1.29 is 13.9 Å². The van der Waals surface area contributed by atoms with E-state index in [1.165, 1.54) is 11.2 Å². The maximum Gasteiger partial charge on any atom is 0.263 e. The average molecular weight is 367 g/mol. The van der Waals surface area contributed by atoms with E-state index >= 15 is 0 Å². The van der Waals surface area contributed by atoms with Gasteiger partial charge >= 0.3 is 0 Å². The topological polar surface area (TPSA) is 66.5 Å². The number of ether oxygens (including phenoxy) is 1. The Bertz CT molecular complexity index is 726. The van der Waals surface area contributed by atoms with E-state index in [1.54, 1.807) is 37.3 Å². The van der Waals surface area contributed by atoms with Gasteiger partial charge in [0.15, 0.2) is 6.10 Å². The second kappa shape index (κ2) is 8.62. The largest absolute Gasteiger partial charge is 0.481 e. The normalized spacial score (nSPS) is 11.6. The van der Waals surface area contributed by atoms with Gasteiger partial charge in [0.2, 0.25) is 0 Å². The van der Waals surface area contributed by atoms with Gasteiger partial charge in [-0.3, -0.25) is 4.79 Å². The molecule has 1 amide bonds. The lowest BCUT2D eigenvalue weighted by Crippen LogP contribution is -2.40. The standard InChI is InChI=1S/C17H16Cl2N2O3/c1-12(24-13-5-6-15(18)16(19)10-13)17(22)21(8-3-7-20)11-14-4-2-9-23-14/h2,4-6,9-10,12H,3,8,11H2,1H3. The summed E-state index contributed by atoms with van der Waals surface area (Å²) in [6.07, 6.45) is 1.03. The van der Waals surface area contributed by atoms with Gasteiger partial charge in [0.1, 0.15) is 11.5 Å². The molecule has 24 heavy (non-hydrogen) atoms. The van der Waals surface area contributed by atoms with Gasteiger partial charge in [0.05, 0.1) is 35.3 Å². The van der Waals surface area contributed by atoms with E-state index in [4.69, 9.17) is 37.6 Å². The van der Waals surface area contributed by atoms with Crippen LogP contribution < -0.4 is 4.74 Å². The molecule has 5 nitrogen and oxygen atoms in total. The molecule has 0 aliphatic carbocycles. The molecule has 0 fully saturated rings. The zero-order valence-electron chi connectivity index (χ0n) is 13.0. The van der Waals surface area contributed by atoms with Gasteiger partial charge < -0.3 is 14.1 Å². The molecule has 0 aliphatic heterocycles. The monoisotopic (exact) mass is 366 g/mol. The molecule has 2 aromatic rings. The van der Waals surface area contributed by atoms with Gasteiger partial charge in [-0.2, -0.15) is 5.26 Å². The third kappa shape index (κ3) is 4.92. The van der Waals surface area contributed by atoms with Crippen LogP contribution in [-0.2, 0) is 11.3 Å². The summed E-state index contributed by atoms with van der Waals surface area (Å²) in [7, 11) is 0. The van der Waals surface area contributed by atoms with Crippen LogP contribution >= 0.6 is 23.2 Å². The number of carbonyl (C=O) groups excluding carboxylic acids is 1. The minimum absolute atomic E-state index is 0.228. The number of nitriles is 1. The summed E-state index contributed by atoms with van der Waals surface area (Å²) in [5.41, 5.74) is 0. The zero-order valence-corrected chi connectivity index (χ0v) is 14.5. The third-order valence-corrected chi connectivity index (χ3v) is 4.02. The predicted molar refractivity (Wildman–Crippen MR) is 90.9 cm³/mol. The lowest BCUT2D eigenvalue weighted by Gasteiger charge is -2.24. The fourth-order valence-electron chi connectivity index (χ4n) is 2.10. The molecule has 1 unspecified atom stereocenters. The van der Waals surface area contributed by atoms with Crippen LogP contribution in [0.5, 0.6) is 5.75 Å². The van der Waals surface area contributed by atoms with Crippen LogP contribution in [0.15, 0.2) is 41.0 Å². The van der Waals surface area contributed by atoms with Gasteiger partial charge in [-0.1, -0.05) is 23.2 Å². The SMILES string of the molecule is CC(Oc1ccc(Cl)c(Cl)c1)C(=O)N(CCC#N)Cc1ccco1. The first-order chi connectivity index (χ1) is 11.5. The minimum atomic E-state index is -0.740. The number of hydrogen-bond acceptors (Lipinski definition) is 4. The molecule has 2 rings (SSSR count). The van der Waals surface area contributed by atoms with Crippen molar-refractivity contribution in [1.29, 1.82) is 5.26 Å². The number of nitrogens with zero attached hydrogens (tertiary/aromatic N) is 2. The smallest absolute Gasteiger partial charge is 0.263 e. The van der Waals surface area contributed by atoms with Crippen LogP contribution in [0.3, 0.4) is 0 Å². The van der Waals surface area contributed by atoms with Crippen molar-refractivity contribution in [3.05, 3.63) is 52.4 Å². The number of carbonyl (C=O) groups is 1. The number of furan rings is 1. The lowest BCUT2D eigenvalue weighted by molar-refractivity contribution is -0.138. The van der Waals surface area contributed by atoms with Crippen LogP contribution in [-0.4, -0.2) is 23.5 Å². The fourth-order valence-corrected chi connectivity index (χ4v) is 2.39. The van der Waals surface area contributed by atoms with Crippen molar-refractivity contribution >= 4 is 29.1 Å². The summed E-state index contributed by atoms with van der Waals surface area (Å²) in [4.78, 5) is 14.2. The van der Waals surface area contributed by atoms with E-state index in [2.05, 4.69) is 0 Å². The molecule has 0 N–H and O–H groups in total. The first kappa shape index (κ1) is 18.2. The molecular weight excluding hydrogens is 351 g/mol. The second-order valence-electron chi connectivity index (χ2n) is 5.08. The van der Waals surface area contributed by atoms with Crippen LogP contribution in [0.25, 0.3) is 0 Å². The molecule has 0 aliphatic rings. The highest BCUT2D eigenvalue weighted by molar-refractivity contribution is 6.42. The number of rotatable bonds is 7. The number of amides is 1. The molecular formula is C17H16Cl2N2O3. The van der Waals surface area contributed by atoms with Gasteiger partial charge in [0, 0.05) is 12.6 Å². The summed E-state index contributed by atoms with van der Waals surface area (Å²) in [5.74, 6) is 0.847. The molecule has 0 spiro atoms. The van der Waals surface area contributed by atoms with Gasteiger partial charge in [-0.05, 0) is 31.2 Å². The number of benzene rings is 1. The molecule has 7 heteroatoms. The van der Waals surface area contributed by atoms with E-state index in [-0.39, 0.29) is 18.9 Å². The molecule has 0 saturated heterocycles. The Hall–Kier alpha value is -2.16. The minimum Gasteiger partial charge on any atom is -0.481 e. The quantitative estimate of drug-likeness (QED) is 0.732. The second-order valence-corrected chi connectivity index (χ2v) is 5.90. The molecule has 0 saturated carbocycles. The Morgan fingerprint density at radius 2 is 2.17 bits per heavy atom. The Morgan fingerprint density at radius 3 is 2.79 bits per heavy atom.